The van der Waals surface area contributed by atoms with Gasteiger partial charge in [0, 0.05) is 13.6 Å². The van der Waals surface area contributed by atoms with Gasteiger partial charge in [-0.1, -0.05) is 12.2 Å². The molecule has 1 aromatic heterocycles. The van der Waals surface area contributed by atoms with E-state index in [1.165, 1.54) is 6.92 Å². The molecule has 3 atom stereocenters. The second-order valence-corrected chi connectivity index (χ2v) is 7.52. The summed E-state index contributed by atoms with van der Waals surface area (Å²) in [7, 11) is 1.77. The molecule has 1 saturated heterocycles. The van der Waals surface area contributed by atoms with Gasteiger partial charge in [0.1, 0.15) is 0 Å². The van der Waals surface area contributed by atoms with Crippen LogP contribution in [0.4, 0.5) is 5.69 Å². The normalized spacial score (nSPS) is 21.9. The number of aromatic nitrogens is 2. The van der Waals surface area contributed by atoms with E-state index in [0.29, 0.717) is 24.2 Å². The number of rotatable bonds is 6. The van der Waals surface area contributed by atoms with E-state index in [1.807, 2.05) is 19.1 Å². The van der Waals surface area contributed by atoms with Crippen LogP contribution in [0.3, 0.4) is 0 Å². The number of allylic oxidation sites excluding steroid dienone is 2. The van der Waals surface area contributed by atoms with E-state index in [4.69, 9.17) is 4.74 Å². The number of carbonyl (C=O) groups is 4. The minimum atomic E-state index is -1.02. The number of imide groups is 1. The average Bonchev–Trinajstić information content (AvgIpc) is 3.07. The monoisotopic (exact) mass is 402 g/mol. The summed E-state index contributed by atoms with van der Waals surface area (Å²) in [5.41, 5.74) is 2.04. The van der Waals surface area contributed by atoms with E-state index in [0.717, 1.165) is 10.6 Å². The van der Waals surface area contributed by atoms with Gasteiger partial charge in [-0.05, 0) is 33.6 Å². The molecular formula is C20H26N4O5. The smallest absolute Gasteiger partial charge is 0.308 e. The molecule has 29 heavy (non-hydrogen) atoms. The van der Waals surface area contributed by atoms with Gasteiger partial charge in [-0.25, -0.2) is 0 Å². The first-order chi connectivity index (χ1) is 13.7. The van der Waals surface area contributed by atoms with Gasteiger partial charge in [-0.15, -0.1) is 0 Å². The summed E-state index contributed by atoms with van der Waals surface area (Å²) in [4.78, 5) is 50.5. The third kappa shape index (κ3) is 4.08. The first-order valence-corrected chi connectivity index (χ1v) is 9.71. The molecule has 0 unspecified atom stereocenters. The van der Waals surface area contributed by atoms with E-state index in [9.17, 15) is 19.2 Å². The lowest BCUT2D eigenvalue weighted by atomic mass is 9.85. The number of hydrogen-bond acceptors (Lipinski definition) is 6. The standard InChI is InChI=1S/C20H26N4O5/c1-11-17(12(2)23(4)22-11)21-18(26)13(3)29-16(25)9-10-24-19(27)14-7-5-6-8-15(14)20(24)28/h5-6,13-15H,7-10H2,1-4H3,(H,21,26)/t13-,14-,15-/m0/s1. The van der Waals surface area contributed by atoms with Crippen LogP contribution < -0.4 is 5.32 Å². The molecule has 2 aliphatic rings. The molecule has 9 nitrogen and oxygen atoms in total. The zero-order valence-electron chi connectivity index (χ0n) is 17.1. The minimum Gasteiger partial charge on any atom is -0.452 e. The van der Waals surface area contributed by atoms with Crippen molar-refractivity contribution in [3.63, 3.8) is 0 Å². The average molecular weight is 402 g/mol. The Morgan fingerprint density at radius 3 is 2.31 bits per heavy atom. The van der Waals surface area contributed by atoms with Crippen LogP contribution >= 0.6 is 0 Å². The molecule has 1 N–H and O–H groups in total. The topological polar surface area (TPSA) is 111 Å². The number of hydrogen-bond donors (Lipinski definition) is 1. The molecule has 0 aromatic carbocycles. The van der Waals surface area contributed by atoms with Gasteiger partial charge < -0.3 is 10.1 Å². The number of likely N-dealkylation sites (tertiary alicyclic amines) is 1. The fraction of sp³-hybridized carbons (Fsp3) is 0.550. The molecule has 3 rings (SSSR count). The number of carbonyl (C=O) groups excluding carboxylic acids is 4. The van der Waals surface area contributed by atoms with Crippen LogP contribution in [0.25, 0.3) is 0 Å². The molecule has 2 heterocycles. The van der Waals surface area contributed by atoms with Crippen molar-refractivity contribution >= 4 is 29.4 Å². The van der Waals surface area contributed by atoms with Crippen molar-refractivity contribution in [1.29, 1.82) is 0 Å². The number of aryl methyl sites for hydroxylation is 2. The molecule has 1 aromatic rings. The number of esters is 1. The minimum absolute atomic E-state index is 0.0291. The Bertz CT molecular complexity index is 862. The molecule has 3 amide bonds. The second-order valence-electron chi connectivity index (χ2n) is 7.52. The third-order valence-corrected chi connectivity index (χ3v) is 5.57. The summed E-state index contributed by atoms with van der Waals surface area (Å²) in [6.07, 6.45) is 3.78. The predicted molar refractivity (Wildman–Crippen MR) is 104 cm³/mol. The van der Waals surface area contributed by atoms with Crippen LogP contribution in [0.1, 0.15) is 37.6 Å². The van der Waals surface area contributed by atoms with Gasteiger partial charge in [-0.2, -0.15) is 5.10 Å². The van der Waals surface area contributed by atoms with E-state index < -0.39 is 18.0 Å². The van der Waals surface area contributed by atoms with E-state index >= 15 is 0 Å². The highest BCUT2D eigenvalue weighted by Crippen LogP contribution is 2.35. The Hall–Kier alpha value is -2.97. The summed E-state index contributed by atoms with van der Waals surface area (Å²) in [6, 6.07) is 0. The molecule has 0 spiro atoms. The summed E-state index contributed by atoms with van der Waals surface area (Å²) >= 11 is 0. The Morgan fingerprint density at radius 2 is 1.79 bits per heavy atom. The van der Waals surface area contributed by atoms with E-state index in [2.05, 4.69) is 10.4 Å². The largest absolute Gasteiger partial charge is 0.452 e. The van der Waals surface area contributed by atoms with Crippen LogP contribution in [0, 0.1) is 25.7 Å². The van der Waals surface area contributed by atoms with Gasteiger partial charge in [0.15, 0.2) is 6.10 Å². The highest BCUT2D eigenvalue weighted by atomic mass is 16.5. The maximum absolute atomic E-state index is 12.4. The third-order valence-electron chi connectivity index (χ3n) is 5.57. The SMILES string of the molecule is Cc1nn(C)c(C)c1NC(=O)[C@H](C)OC(=O)CCN1C(=O)[C@H]2CC=CC[C@@H]2C1=O. The fourth-order valence-electron chi connectivity index (χ4n) is 3.78. The number of fused-ring (bicyclic) bond motifs is 1. The van der Waals surface area contributed by atoms with Crippen LogP contribution in [0.15, 0.2) is 12.2 Å². The van der Waals surface area contributed by atoms with Crippen LogP contribution in [-0.4, -0.2) is 51.0 Å². The van der Waals surface area contributed by atoms with Crippen molar-refractivity contribution < 1.29 is 23.9 Å². The van der Waals surface area contributed by atoms with E-state index in [-0.39, 0.29) is 36.6 Å². The number of ether oxygens (including phenoxy) is 1. The van der Waals surface area contributed by atoms with Gasteiger partial charge in [0.05, 0.1) is 35.3 Å². The molecule has 0 radical (unpaired) electrons. The molecule has 0 bridgehead atoms. The van der Waals surface area contributed by atoms with Crippen LogP contribution in [0.2, 0.25) is 0 Å². The Kier molecular flexibility index (Phi) is 5.86. The first kappa shape index (κ1) is 20.8. The summed E-state index contributed by atoms with van der Waals surface area (Å²) in [6.45, 7) is 5.04. The van der Waals surface area contributed by atoms with Gasteiger partial charge >= 0.3 is 5.97 Å². The summed E-state index contributed by atoms with van der Waals surface area (Å²) < 4.78 is 6.83. The van der Waals surface area contributed by atoms with Crippen LogP contribution in [-0.2, 0) is 31.0 Å². The quantitative estimate of drug-likeness (QED) is 0.436. The summed E-state index contributed by atoms with van der Waals surface area (Å²) in [5, 5.41) is 6.95. The van der Waals surface area contributed by atoms with Crippen molar-refractivity contribution in [3.05, 3.63) is 23.5 Å². The molecule has 9 heteroatoms. The maximum atomic E-state index is 12.4. The van der Waals surface area contributed by atoms with Crippen molar-refractivity contribution in [3.8, 4) is 0 Å². The van der Waals surface area contributed by atoms with Gasteiger partial charge in [0.25, 0.3) is 5.91 Å². The molecule has 156 valence electrons. The zero-order valence-corrected chi connectivity index (χ0v) is 17.1. The Labute approximate surface area is 169 Å². The lowest BCUT2D eigenvalue weighted by molar-refractivity contribution is -0.154. The number of nitrogens with zero attached hydrogens (tertiary/aromatic N) is 3. The fourth-order valence-corrected chi connectivity index (χ4v) is 3.78. The van der Waals surface area contributed by atoms with Crippen molar-refractivity contribution in [2.24, 2.45) is 18.9 Å². The number of nitrogens with one attached hydrogen (secondary N) is 1. The molecule has 0 saturated carbocycles. The van der Waals surface area contributed by atoms with E-state index in [1.54, 1.807) is 18.7 Å². The van der Waals surface area contributed by atoms with Crippen molar-refractivity contribution in [1.82, 2.24) is 14.7 Å². The molecular weight excluding hydrogens is 376 g/mol. The predicted octanol–water partition coefficient (Wildman–Crippen LogP) is 1.25. The Morgan fingerprint density at radius 1 is 1.21 bits per heavy atom. The van der Waals surface area contributed by atoms with Crippen LogP contribution in [0.5, 0.6) is 0 Å². The first-order valence-electron chi connectivity index (χ1n) is 9.71. The maximum Gasteiger partial charge on any atom is 0.308 e. The number of anilines is 1. The van der Waals surface area contributed by atoms with Crippen molar-refractivity contribution in [2.75, 3.05) is 11.9 Å². The second kappa shape index (κ2) is 8.18. The zero-order chi connectivity index (χ0) is 21.3. The lowest BCUT2D eigenvalue weighted by Crippen LogP contribution is -2.35. The van der Waals surface area contributed by atoms with Gasteiger partial charge in [-0.3, -0.25) is 28.8 Å². The highest BCUT2D eigenvalue weighted by molar-refractivity contribution is 6.05. The van der Waals surface area contributed by atoms with Crippen molar-refractivity contribution in [2.45, 2.75) is 46.1 Å². The molecule has 1 fully saturated rings. The Balaban J connectivity index is 1.51. The summed E-state index contributed by atoms with van der Waals surface area (Å²) in [5.74, 6) is -2.21. The number of amides is 3. The lowest BCUT2D eigenvalue weighted by Gasteiger charge is -2.16. The highest BCUT2D eigenvalue weighted by Gasteiger charge is 2.47. The van der Waals surface area contributed by atoms with Gasteiger partial charge in [0.2, 0.25) is 11.8 Å². The molecule has 1 aliphatic heterocycles. The molecule has 1 aliphatic carbocycles.